The van der Waals surface area contributed by atoms with Crippen molar-refractivity contribution in [2.24, 2.45) is 0 Å². The monoisotopic (exact) mass is 652 g/mol. The number of hydrogen-bond donors (Lipinski definition) is 2. The number of aryl methyl sites for hydroxylation is 1. The lowest BCUT2D eigenvalue weighted by Gasteiger charge is -2.15. The normalized spacial score (nSPS) is 11.7. The molecule has 2 N–H and O–H groups in total. The van der Waals surface area contributed by atoms with Gasteiger partial charge in [0.05, 0.1) is 33.1 Å². The Labute approximate surface area is 241 Å². The first-order valence-corrected chi connectivity index (χ1v) is 12.6. The fourth-order valence-electron chi connectivity index (χ4n) is 3.70. The topological polar surface area (TPSA) is 156 Å². The van der Waals surface area contributed by atoms with E-state index < -0.39 is 36.3 Å². The number of carbonyl (C=O) groups excluding carboxylic acids is 2. The molecule has 4 rings (SSSR count). The first kappa shape index (κ1) is 30.2. The highest BCUT2D eigenvalue weighted by Crippen LogP contribution is 2.41. The van der Waals surface area contributed by atoms with E-state index in [-0.39, 0.29) is 40.6 Å². The van der Waals surface area contributed by atoms with Crippen LogP contribution >= 0.6 is 15.9 Å². The molecule has 0 spiro atoms. The Morgan fingerprint density at radius 2 is 1.86 bits per heavy atom. The van der Waals surface area contributed by atoms with Crippen LogP contribution in [0.1, 0.15) is 50.4 Å². The average molecular weight is 653 g/mol. The molecule has 42 heavy (non-hydrogen) atoms. The summed E-state index contributed by atoms with van der Waals surface area (Å²) < 4.78 is 66.9. The Hall–Kier alpha value is -4.79. The van der Waals surface area contributed by atoms with Crippen LogP contribution in [0.25, 0.3) is 5.82 Å². The van der Waals surface area contributed by atoms with Gasteiger partial charge < -0.3 is 10.6 Å². The van der Waals surface area contributed by atoms with Crippen LogP contribution in [0.3, 0.4) is 0 Å². The number of amides is 2. The Morgan fingerprint density at radius 1 is 1.12 bits per heavy atom. The van der Waals surface area contributed by atoms with E-state index >= 15 is 0 Å². The summed E-state index contributed by atoms with van der Waals surface area (Å²) in [6.45, 7) is 3.01. The number of aromatic nitrogens is 7. The number of rotatable bonds is 8. The van der Waals surface area contributed by atoms with Crippen LogP contribution in [0.2, 0.25) is 0 Å². The van der Waals surface area contributed by atoms with E-state index in [4.69, 9.17) is 0 Å². The van der Waals surface area contributed by atoms with Gasteiger partial charge in [-0.2, -0.15) is 37.1 Å². The first-order chi connectivity index (χ1) is 19.8. The van der Waals surface area contributed by atoms with Gasteiger partial charge in [0.2, 0.25) is 0 Å². The van der Waals surface area contributed by atoms with Crippen LogP contribution < -0.4 is 10.6 Å². The van der Waals surface area contributed by atoms with E-state index in [1.807, 2.05) is 6.07 Å². The summed E-state index contributed by atoms with van der Waals surface area (Å²) in [6, 6.07) is 9.15. The molecule has 0 unspecified atom stereocenters. The molecule has 18 heteroatoms. The number of benzene rings is 1. The van der Waals surface area contributed by atoms with Crippen LogP contribution in [0, 0.1) is 18.3 Å². The highest BCUT2D eigenvalue weighted by Gasteiger charge is 2.62. The van der Waals surface area contributed by atoms with Gasteiger partial charge in [0, 0.05) is 12.7 Å². The van der Waals surface area contributed by atoms with E-state index in [1.165, 1.54) is 24.4 Å². The van der Waals surface area contributed by atoms with Gasteiger partial charge in [-0.15, -0.1) is 10.2 Å². The second kappa shape index (κ2) is 11.6. The van der Waals surface area contributed by atoms with Crippen LogP contribution in [-0.2, 0) is 12.5 Å². The Kier molecular flexibility index (Phi) is 8.33. The molecule has 0 atom stereocenters. The zero-order chi connectivity index (χ0) is 30.8. The number of alkyl halides is 5. The highest BCUT2D eigenvalue weighted by molar-refractivity contribution is 9.10. The summed E-state index contributed by atoms with van der Waals surface area (Å²) in [6.07, 6.45) is -4.53. The number of nitriles is 1. The third-order valence-electron chi connectivity index (χ3n) is 5.61. The number of halogens is 6. The van der Waals surface area contributed by atoms with Crippen molar-refractivity contribution in [3.05, 3.63) is 74.9 Å². The number of nitrogens with zero attached hydrogens (tertiary/aromatic N) is 8. The lowest BCUT2D eigenvalue weighted by molar-refractivity contribution is -0.292. The molecule has 1 aromatic carbocycles. The summed E-state index contributed by atoms with van der Waals surface area (Å²) >= 11 is 3.31. The summed E-state index contributed by atoms with van der Waals surface area (Å²) in [5, 5.41) is 28.1. The molecule has 218 valence electrons. The van der Waals surface area contributed by atoms with Crippen molar-refractivity contribution in [1.29, 1.82) is 5.26 Å². The molecule has 0 saturated heterocycles. The molecule has 0 bridgehead atoms. The molecular weight excluding hydrogens is 635 g/mol. The molecule has 0 radical (unpaired) electrons. The molecule has 0 aliphatic heterocycles. The summed E-state index contributed by atoms with van der Waals surface area (Å²) in [5.74, 6) is -8.40. The van der Waals surface area contributed by atoms with Crippen LogP contribution in [-0.4, -0.2) is 59.5 Å². The number of nitrogens with one attached hydrogen (secondary N) is 2. The number of hydrogen-bond acceptors (Lipinski definition) is 8. The summed E-state index contributed by atoms with van der Waals surface area (Å²) in [4.78, 5) is 31.0. The predicted octanol–water partition coefficient (Wildman–Crippen LogP) is 3.90. The van der Waals surface area contributed by atoms with Crippen LogP contribution in [0.4, 0.5) is 27.6 Å². The third kappa shape index (κ3) is 5.95. The van der Waals surface area contributed by atoms with Crippen LogP contribution in [0.5, 0.6) is 0 Å². The maximum absolute atomic E-state index is 13.6. The van der Waals surface area contributed by atoms with Gasteiger partial charge in [-0.1, -0.05) is 0 Å². The summed E-state index contributed by atoms with van der Waals surface area (Å²) in [7, 11) is 0. The number of pyridine rings is 1. The smallest absolute Gasteiger partial charge is 0.352 e. The largest absolute Gasteiger partial charge is 0.461 e. The van der Waals surface area contributed by atoms with E-state index in [2.05, 4.69) is 52.1 Å². The fourth-order valence-corrected chi connectivity index (χ4v) is 4.12. The van der Waals surface area contributed by atoms with E-state index in [9.17, 15) is 36.8 Å². The second-order valence-electron chi connectivity index (χ2n) is 8.60. The molecule has 0 aliphatic carbocycles. The van der Waals surface area contributed by atoms with Crippen LogP contribution in [0.15, 0.2) is 41.0 Å². The van der Waals surface area contributed by atoms with Gasteiger partial charge in [0.15, 0.2) is 5.82 Å². The van der Waals surface area contributed by atoms with Gasteiger partial charge in [-0.25, -0.2) is 9.67 Å². The van der Waals surface area contributed by atoms with Gasteiger partial charge in [0.1, 0.15) is 12.2 Å². The third-order valence-corrected chi connectivity index (χ3v) is 6.23. The Balaban J connectivity index is 1.75. The molecule has 0 fully saturated rings. The number of carbonyl (C=O) groups is 2. The first-order valence-electron chi connectivity index (χ1n) is 11.8. The minimum Gasteiger partial charge on any atom is -0.352 e. The molecule has 4 aromatic rings. The van der Waals surface area contributed by atoms with Crippen molar-refractivity contribution in [1.82, 2.24) is 40.3 Å². The van der Waals surface area contributed by atoms with Crippen molar-refractivity contribution in [2.45, 2.75) is 32.5 Å². The lowest BCUT2D eigenvalue weighted by Crippen LogP contribution is -2.35. The van der Waals surface area contributed by atoms with E-state index in [0.29, 0.717) is 14.8 Å². The minimum atomic E-state index is -5.94. The molecule has 3 aromatic heterocycles. The molecular formula is C24H18BrF5N10O2. The SMILES string of the molecule is CCNC(=O)c1cc(C#N)cc(C)c1NC(=O)c1cc(Cn2nnc(C(F)(F)C(F)(F)F)n2)nn1-c1ncccc1Br. The average Bonchev–Trinajstić information content (AvgIpc) is 3.57. The standard InChI is InChI=1S/C24H18BrF5N10O2/c1-3-32-20(41)15-8-13(10-31)7-12(2)18(15)34-21(42)17-9-14(36-40(17)19-16(25)5-4-6-33-19)11-39-37-22(35-38-39)23(26,27)24(28,29)30/h4-9H,3,11H2,1-2H3,(H,32,41)(H,34,42). The predicted molar refractivity (Wildman–Crippen MR) is 138 cm³/mol. The van der Waals surface area contributed by atoms with Crippen molar-refractivity contribution in [2.75, 3.05) is 11.9 Å². The van der Waals surface area contributed by atoms with Crippen molar-refractivity contribution < 1.29 is 31.5 Å². The molecule has 2 amide bonds. The van der Waals surface area contributed by atoms with E-state index in [1.54, 1.807) is 26.0 Å². The minimum absolute atomic E-state index is 0.0250. The Morgan fingerprint density at radius 3 is 2.50 bits per heavy atom. The lowest BCUT2D eigenvalue weighted by atomic mass is 10.0. The van der Waals surface area contributed by atoms with Crippen molar-refractivity contribution in [3.63, 3.8) is 0 Å². The molecule has 0 saturated carbocycles. The zero-order valence-electron chi connectivity index (χ0n) is 21.5. The molecule has 0 aliphatic rings. The van der Waals surface area contributed by atoms with Gasteiger partial charge in [0.25, 0.3) is 17.6 Å². The van der Waals surface area contributed by atoms with Gasteiger partial charge >= 0.3 is 12.1 Å². The summed E-state index contributed by atoms with van der Waals surface area (Å²) in [5.41, 5.74) is 0.535. The number of anilines is 1. The quantitative estimate of drug-likeness (QED) is 0.272. The van der Waals surface area contributed by atoms with Gasteiger partial charge in [-0.3, -0.25) is 9.59 Å². The zero-order valence-corrected chi connectivity index (χ0v) is 23.1. The number of tetrazole rings is 1. The highest BCUT2D eigenvalue weighted by atomic mass is 79.9. The van der Waals surface area contributed by atoms with Gasteiger partial charge in [-0.05, 0) is 70.9 Å². The molecule has 12 nitrogen and oxygen atoms in total. The van der Waals surface area contributed by atoms with Crippen molar-refractivity contribution >= 4 is 33.4 Å². The maximum atomic E-state index is 13.6. The maximum Gasteiger partial charge on any atom is 0.461 e. The molecule has 3 heterocycles. The second-order valence-corrected chi connectivity index (χ2v) is 9.45. The van der Waals surface area contributed by atoms with E-state index in [0.717, 1.165) is 4.68 Å². The Bertz CT molecular complexity index is 1710. The van der Waals surface area contributed by atoms with Crippen molar-refractivity contribution in [3.8, 4) is 11.9 Å². The fraction of sp³-hybridized carbons (Fsp3) is 0.250.